The van der Waals surface area contributed by atoms with Crippen molar-refractivity contribution in [2.24, 2.45) is 0 Å². The second-order valence-electron chi connectivity index (χ2n) is 5.15. The Morgan fingerprint density at radius 2 is 2.08 bits per heavy atom. The molecule has 0 heterocycles. The number of halogens is 2. The van der Waals surface area contributed by atoms with Gasteiger partial charge in [-0.05, 0) is 36.8 Å². The molecule has 6 heteroatoms. The highest BCUT2D eigenvalue weighted by Gasteiger charge is 2.14. The maximum absolute atomic E-state index is 13.5. The Morgan fingerprint density at radius 3 is 2.83 bits per heavy atom. The van der Waals surface area contributed by atoms with Gasteiger partial charge in [-0.2, -0.15) is 11.8 Å². The van der Waals surface area contributed by atoms with E-state index in [4.69, 9.17) is 16.3 Å². The maximum atomic E-state index is 13.5. The molecule has 24 heavy (non-hydrogen) atoms. The van der Waals surface area contributed by atoms with Gasteiger partial charge in [-0.25, -0.2) is 4.39 Å². The first-order valence-electron chi connectivity index (χ1n) is 7.57. The van der Waals surface area contributed by atoms with Gasteiger partial charge >= 0.3 is 0 Å². The van der Waals surface area contributed by atoms with E-state index in [1.807, 2.05) is 6.07 Å². The summed E-state index contributed by atoms with van der Waals surface area (Å²) in [5.74, 6) is 1.44. The van der Waals surface area contributed by atoms with Gasteiger partial charge in [-0.1, -0.05) is 35.9 Å². The van der Waals surface area contributed by atoms with E-state index in [0.717, 1.165) is 0 Å². The van der Waals surface area contributed by atoms with Crippen molar-refractivity contribution >= 4 is 29.3 Å². The molecular weight excluding hydrogens is 349 g/mol. The van der Waals surface area contributed by atoms with E-state index < -0.39 is 6.10 Å². The van der Waals surface area contributed by atoms with Gasteiger partial charge in [0, 0.05) is 23.1 Å². The molecule has 2 aromatic carbocycles. The molecule has 2 aromatic rings. The van der Waals surface area contributed by atoms with Crippen molar-refractivity contribution < 1.29 is 13.9 Å². The summed E-state index contributed by atoms with van der Waals surface area (Å²) in [7, 11) is 0. The van der Waals surface area contributed by atoms with Gasteiger partial charge in [0.2, 0.25) is 0 Å². The highest BCUT2D eigenvalue weighted by molar-refractivity contribution is 7.98. The average molecular weight is 368 g/mol. The molecule has 0 radical (unpaired) electrons. The van der Waals surface area contributed by atoms with Crippen molar-refractivity contribution in [2.45, 2.75) is 18.8 Å². The van der Waals surface area contributed by atoms with Crippen LogP contribution < -0.4 is 10.1 Å². The second kappa shape index (κ2) is 9.55. The van der Waals surface area contributed by atoms with Crippen LogP contribution in [0.3, 0.4) is 0 Å². The summed E-state index contributed by atoms with van der Waals surface area (Å²) in [4.78, 5) is 12.0. The van der Waals surface area contributed by atoms with Gasteiger partial charge in [0.05, 0.1) is 0 Å². The summed E-state index contributed by atoms with van der Waals surface area (Å²) in [5.41, 5.74) is 0.673. The predicted octanol–water partition coefficient (Wildman–Crippen LogP) is 4.30. The van der Waals surface area contributed by atoms with E-state index in [2.05, 4.69) is 5.32 Å². The summed E-state index contributed by atoms with van der Waals surface area (Å²) in [5, 5.41) is 3.37. The molecule has 0 aliphatic carbocycles. The minimum absolute atomic E-state index is 0.193. The lowest BCUT2D eigenvalue weighted by atomic mass is 10.2. The number of benzene rings is 2. The molecule has 0 aliphatic heterocycles. The lowest BCUT2D eigenvalue weighted by Gasteiger charge is -2.14. The highest BCUT2D eigenvalue weighted by atomic mass is 35.5. The number of carbonyl (C=O) groups excluding carboxylic acids is 1. The van der Waals surface area contributed by atoms with Crippen molar-refractivity contribution in [1.29, 1.82) is 0 Å². The van der Waals surface area contributed by atoms with E-state index in [1.165, 1.54) is 6.07 Å². The molecule has 0 aliphatic rings. The maximum Gasteiger partial charge on any atom is 0.260 e. The molecule has 0 saturated carbocycles. The molecule has 128 valence electrons. The molecule has 1 amide bonds. The van der Waals surface area contributed by atoms with Crippen LogP contribution in [0.5, 0.6) is 5.75 Å². The minimum atomic E-state index is -0.611. The van der Waals surface area contributed by atoms with Crippen LogP contribution in [0.15, 0.2) is 48.5 Å². The van der Waals surface area contributed by atoms with E-state index in [9.17, 15) is 9.18 Å². The zero-order chi connectivity index (χ0) is 17.4. The van der Waals surface area contributed by atoms with Gasteiger partial charge in [-0.15, -0.1) is 0 Å². The molecule has 2 rings (SSSR count). The number of carbonyl (C=O) groups is 1. The quantitative estimate of drug-likeness (QED) is 0.707. The van der Waals surface area contributed by atoms with E-state index >= 15 is 0 Å². The van der Waals surface area contributed by atoms with Gasteiger partial charge in [0.1, 0.15) is 11.6 Å². The molecule has 0 fully saturated rings. The van der Waals surface area contributed by atoms with E-state index in [-0.39, 0.29) is 11.7 Å². The Kier molecular flexibility index (Phi) is 7.40. The average Bonchev–Trinajstić information content (AvgIpc) is 2.56. The second-order valence-corrected chi connectivity index (χ2v) is 6.69. The van der Waals surface area contributed by atoms with E-state index in [0.29, 0.717) is 34.4 Å². The van der Waals surface area contributed by atoms with Crippen molar-refractivity contribution in [1.82, 2.24) is 5.32 Å². The fourth-order valence-corrected chi connectivity index (χ4v) is 3.01. The molecule has 0 spiro atoms. The van der Waals surface area contributed by atoms with Crippen LogP contribution in [0.4, 0.5) is 4.39 Å². The predicted molar refractivity (Wildman–Crippen MR) is 97.1 cm³/mol. The summed E-state index contributed by atoms with van der Waals surface area (Å²) < 4.78 is 19.0. The number of hydrogen-bond acceptors (Lipinski definition) is 3. The third kappa shape index (κ3) is 6.06. The number of nitrogens with one attached hydrogen (secondary N) is 1. The third-order valence-electron chi connectivity index (χ3n) is 3.24. The van der Waals surface area contributed by atoms with Crippen LogP contribution in [-0.2, 0) is 10.5 Å². The smallest absolute Gasteiger partial charge is 0.260 e. The van der Waals surface area contributed by atoms with Gasteiger partial charge < -0.3 is 10.1 Å². The molecule has 0 saturated heterocycles. The zero-order valence-electron chi connectivity index (χ0n) is 13.3. The summed E-state index contributed by atoms with van der Waals surface area (Å²) in [6, 6.07) is 13.6. The van der Waals surface area contributed by atoms with E-state index in [1.54, 1.807) is 55.1 Å². The van der Waals surface area contributed by atoms with Crippen LogP contribution in [0.1, 0.15) is 12.5 Å². The summed E-state index contributed by atoms with van der Waals surface area (Å²) >= 11 is 7.45. The number of ether oxygens (including phenoxy) is 1. The van der Waals surface area contributed by atoms with Gasteiger partial charge in [-0.3, -0.25) is 4.79 Å². The Morgan fingerprint density at radius 1 is 1.29 bits per heavy atom. The standard InChI is InChI=1S/C18H19ClFNO2S/c1-13(23-16-7-4-6-15(19)11-16)18(22)21-9-10-24-12-14-5-2-3-8-17(14)20/h2-8,11,13H,9-10,12H2,1H3,(H,21,22)/t13-/m1/s1. The molecular formula is C18H19ClFNO2S. The monoisotopic (exact) mass is 367 g/mol. The van der Waals surface area contributed by atoms with Crippen LogP contribution in [0, 0.1) is 5.82 Å². The Bertz CT molecular complexity index is 684. The van der Waals surface area contributed by atoms with Gasteiger partial charge in [0.25, 0.3) is 5.91 Å². The largest absolute Gasteiger partial charge is 0.481 e. The Labute approximate surface area is 150 Å². The lowest BCUT2D eigenvalue weighted by molar-refractivity contribution is -0.127. The van der Waals surface area contributed by atoms with Crippen LogP contribution >= 0.6 is 23.4 Å². The fraction of sp³-hybridized carbons (Fsp3) is 0.278. The van der Waals surface area contributed by atoms with Crippen molar-refractivity contribution in [3.05, 3.63) is 64.9 Å². The molecule has 3 nitrogen and oxygen atoms in total. The van der Waals surface area contributed by atoms with Crippen molar-refractivity contribution in [3.8, 4) is 5.75 Å². The normalized spacial score (nSPS) is 11.8. The highest BCUT2D eigenvalue weighted by Crippen LogP contribution is 2.18. The number of amides is 1. The number of rotatable bonds is 8. The van der Waals surface area contributed by atoms with Crippen molar-refractivity contribution in [2.75, 3.05) is 12.3 Å². The third-order valence-corrected chi connectivity index (χ3v) is 4.48. The first kappa shape index (κ1) is 18.6. The minimum Gasteiger partial charge on any atom is -0.481 e. The van der Waals surface area contributed by atoms with Crippen LogP contribution in [0.2, 0.25) is 5.02 Å². The SMILES string of the molecule is C[C@@H](Oc1cccc(Cl)c1)C(=O)NCCSCc1ccccc1F. The first-order chi connectivity index (χ1) is 11.6. The number of thioether (sulfide) groups is 1. The summed E-state index contributed by atoms with van der Waals surface area (Å²) in [6.07, 6.45) is -0.611. The molecule has 0 unspecified atom stereocenters. The zero-order valence-corrected chi connectivity index (χ0v) is 14.9. The van der Waals surface area contributed by atoms with Gasteiger partial charge in [0.15, 0.2) is 6.10 Å². The molecule has 0 bridgehead atoms. The topological polar surface area (TPSA) is 38.3 Å². The van der Waals surface area contributed by atoms with Crippen LogP contribution in [0.25, 0.3) is 0 Å². The number of hydrogen-bond donors (Lipinski definition) is 1. The molecule has 0 aromatic heterocycles. The molecule has 1 atom stereocenters. The fourth-order valence-electron chi connectivity index (χ4n) is 1.99. The van der Waals surface area contributed by atoms with Crippen LogP contribution in [-0.4, -0.2) is 24.3 Å². The Balaban J connectivity index is 1.66. The first-order valence-corrected chi connectivity index (χ1v) is 9.10. The Hall–Kier alpha value is -1.72. The summed E-state index contributed by atoms with van der Waals surface area (Å²) in [6.45, 7) is 2.18. The molecule has 1 N–H and O–H groups in total. The van der Waals surface area contributed by atoms with Crippen molar-refractivity contribution in [3.63, 3.8) is 0 Å². The lowest BCUT2D eigenvalue weighted by Crippen LogP contribution is -2.37.